The molecule has 0 spiro atoms. The fourth-order valence-corrected chi connectivity index (χ4v) is 2.75. The smallest absolute Gasteiger partial charge is 0.251 e. The summed E-state index contributed by atoms with van der Waals surface area (Å²) >= 11 is 0. The Morgan fingerprint density at radius 2 is 1.79 bits per heavy atom. The van der Waals surface area contributed by atoms with E-state index in [-0.39, 0.29) is 17.4 Å². The molecular formula is C22H26N4O2. The third-order valence-corrected chi connectivity index (χ3v) is 4.79. The number of hydrogen-bond acceptors (Lipinski definition) is 3. The Bertz CT molecular complexity index is 941. The zero-order valence-electron chi connectivity index (χ0n) is 16.5. The summed E-state index contributed by atoms with van der Waals surface area (Å²) in [5, 5.41) is 5.85. The molecule has 0 fully saturated rings. The van der Waals surface area contributed by atoms with Gasteiger partial charge in [0.1, 0.15) is 5.82 Å². The maximum absolute atomic E-state index is 12.3. The lowest BCUT2D eigenvalue weighted by atomic mass is 10.0. The topological polar surface area (TPSA) is 86.9 Å². The number of aryl methyl sites for hydroxylation is 1. The van der Waals surface area contributed by atoms with Gasteiger partial charge in [0.25, 0.3) is 5.91 Å². The largest absolute Gasteiger partial charge is 0.347 e. The van der Waals surface area contributed by atoms with Crippen LogP contribution in [0.4, 0.5) is 5.69 Å². The van der Waals surface area contributed by atoms with E-state index in [1.807, 2.05) is 45.0 Å². The van der Waals surface area contributed by atoms with Crippen molar-refractivity contribution < 1.29 is 9.59 Å². The number of aromatic nitrogens is 2. The van der Waals surface area contributed by atoms with Crippen LogP contribution in [-0.2, 0) is 11.2 Å². The van der Waals surface area contributed by atoms with Crippen molar-refractivity contribution in [1.29, 1.82) is 0 Å². The molecule has 0 aliphatic carbocycles. The summed E-state index contributed by atoms with van der Waals surface area (Å²) in [4.78, 5) is 32.2. The van der Waals surface area contributed by atoms with E-state index in [1.54, 1.807) is 24.3 Å². The summed E-state index contributed by atoms with van der Waals surface area (Å²) in [6.07, 6.45) is 1.71. The van der Waals surface area contributed by atoms with Gasteiger partial charge in [-0.05, 0) is 56.7 Å². The number of carbonyl (C=O) groups is 2. The highest BCUT2D eigenvalue weighted by molar-refractivity contribution is 5.96. The van der Waals surface area contributed by atoms with E-state index in [9.17, 15) is 9.59 Å². The van der Waals surface area contributed by atoms with Crippen LogP contribution in [-0.4, -0.2) is 27.3 Å². The quantitative estimate of drug-likeness (QED) is 0.579. The van der Waals surface area contributed by atoms with Crippen molar-refractivity contribution in [3.05, 3.63) is 59.9 Å². The molecule has 3 rings (SSSR count). The highest BCUT2D eigenvalue weighted by Crippen LogP contribution is 2.14. The maximum atomic E-state index is 12.3. The zero-order valence-corrected chi connectivity index (χ0v) is 16.5. The number of anilines is 1. The Balaban J connectivity index is 1.53. The van der Waals surface area contributed by atoms with Crippen LogP contribution in [0.5, 0.6) is 0 Å². The molecule has 2 aromatic carbocycles. The molecule has 0 saturated heterocycles. The molecule has 0 atom stereocenters. The summed E-state index contributed by atoms with van der Waals surface area (Å²) in [5.74, 6) is 0.585. The number of nitrogens with zero attached hydrogens (tertiary/aromatic N) is 1. The number of benzene rings is 2. The average molecular weight is 378 g/mol. The third kappa shape index (κ3) is 4.97. The first-order chi connectivity index (χ1) is 13.4. The second kappa shape index (κ2) is 8.25. The van der Waals surface area contributed by atoms with E-state index in [0.29, 0.717) is 24.1 Å². The second-order valence-corrected chi connectivity index (χ2v) is 7.52. The molecule has 3 N–H and O–H groups in total. The number of nitrogens with one attached hydrogen (secondary N) is 3. The number of rotatable bonds is 7. The predicted octanol–water partition coefficient (Wildman–Crippen LogP) is 4.05. The minimum absolute atomic E-state index is 0.0928. The van der Waals surface area contributed by atoms with E-state index in [1.165, 1.54) is 0 Å². The van der Waals surface area contributed by atoms with Crippen LogP contribution in [0.25, 0.3) is 11.0 Å². The molecule has 6 nitrogen and oxygen atoms in total. The lowest BCUT2D eigenvalue weighted by molar-refractivity contribution is -0.116. The lowest BCUT2D eigenvalue weighted by Gasteiger charge is -2.24. The molecule has 0 aliphatic heterocycles. The van der Waals surface area contributed by atoms with Gasteiger partial charge in [-0.1, -0.05) is 19.1 Å². The first-order valence-electron chi connectivity index (χ1n) is 9.52. The molecule has 0 unspecified atom stereocenters. The van der Waals surface area contributed by atoms with Crippen LogP contribution in [0, 0.1) is 0 Å². The fourth-order valence-electron chi connectivity index (χ4n) is 2.75. The maximum Gasteiger partial charge on any atom is 0.251 e. The van der Waals surface area contributed by atoms with Crippen LogP contribution < -0.4 is 10.6 Å². The van der Waals surface area contributed by atoms with Gasteiger partial charge in [-0.25, -0.2) is 4.98 Å². The molecule has 0 bridgehead atoms. The molecule has 1 aromatic heterocycles. The molecule has 28 heavy (non-hydrogen) atoms. The number of amides is 2. The summed E-state index contributed by atoms with van der Waals surface area (Å²) in [6, 6.07) is 14.7. The number of fused-ring (bicyclic) bond motifs is 1. The second-order valence-electron chi connectivity index (χ2n) is 7.52. The summed E-state index contributed by atoms with van der Waals surface area (Å²) < 4.78 is 0. The molecule has 0 saturated carbocycles. The van der Waals surface area contributed by atoms with Crippen molar-refractivity contribution in [3.63, 3.8) is 0 Å². The first kappa shape index (κ1) is 19.6. The van der Waals surface area contributed by atoms with Gasteiger partial charge in [0.15, 0.2) is 0 Å². The van der Waals surface area contributed by atoms with E-state index >= 15 is 0 Å². The summed E-state index contributed by atoms with van der Waals surface area (Å²) in [5.41, 5.74) is 2.86. The number of imidazole rings is 1. The first-order valence-corrected chi connectivity index (χ1v) is 9.52. The monoisotopic (exact) mass is 378 g/mol. The number of aromatic amines is 1. The van der Waals surface area contributed by atoms with Crippen molar-refractivity contribution >= 4 is 28.5 Å². The number of carbonyl (C=O) groups excluding carboxylic acids is 2. The van der Waals surface area contributed by atoms with Crippen molar-refractivity contribution in [2.24, 2.45) is 0 Å². The van der Waals surface area contributed by atoms with E-state index in [4.69, 9.17) is 0 Å². The van der Waals surface area contributed by atoms with Crippen molar-refractivity contribution in [1.82, 2.24) is 15.3 Å². The van der Waals surface area contributed by atoms with Gasteiger partial charge in [0, 0.05) is 29.6 Å². The Morgan fingerprint density at radius 3 is 2.46 bits per heavy atom. The van der Waals surface area contributed by atoms with E-state index in [2.05, 4.69) is 20.6 Å². The molecule has 0 radical (unpaired) electrons. The van der Waals surface area contributed by atoms with Crippen molar-refractivity contribution in [3.8, 4) is 0 Å². The van der Waals surface area contributed by atoms with E-state index < -0.39 is 0 Å². The SMILES string of the molecule is CCC(C)(C)NC(=O)c1ccc(NC(=O)CCc2nc3ccccc3[nH]2)cc1. The van der Waals surface area contributed by atoms with Crippen LogP contribution in [0.3, 0.4) is 0 Å². The van der Waals surface area contributed by atoms with Gasteiger partial charge in [-0.2, -0.15) is 0 Å². The zero-order chi connectivity index (χ0) is 20.1. The van der Waals surface area contributed by atoms with Gasteiger partial charge >= 0.3 is 0 Å². The number of para-hydroxylation sites is 2. The Kier molecular flexibility index (Phi) is 5.78. The minimum Gasteiger partial charge on any atom is -0.347 e. The van der Waals surface area contributed by atoms with Crippen LogP contribution in [0.1, 0.15) is 49.8 Å². The highest BCUT2D eigenvalue weighted by Gasteiger charge is 2.18. The van der Waals surface area contributed by atoms with Gasteiger partial charge in [0.2, 0.25) is 5.91 Å². The number of hydrogen-bond donors (Lipinski definition) is 3. The molecule has 1 heterocycles. The van der Waals surface area contributed by atoms with E-state index in [0.717, 1.165) is 23.3 Å². The van der Waals surface area contributed by atoms with Crippen LogP contribution >= 0.6 is 0 Å². The molecule has 0 aliphatic rings. The lowest BCUT2D eigenvalue weighted by Crippen LogP contribution is -2.42. The Hall–Kier alpha value is -3.15. The molecule has 3 aromatic rings. The highest BCUT2D eigenvalue weighted by atomic mass is 16.2. The molecular weight excluding hydrogens is 352 g/mol. The molecule has 6 heteroatoms. The average Bonchev–Trinajstić information content (AvgIpc) is 3.09. The minimum atomic E-state index is -0.249. The Morgan fingerprint density at radius 1 is 1.07 bits per heavy atom. The Labute approximate surface area is 164 Å². The number of H-pyrrole nitrogens is 1. The summed E-state index contributed by atoms with van der Waals surface area (Å²) in [6.45, 7) is 6.01. The van der Waals surface area contributed by atoms with Gasteiger partial charge in [-0.15, -0.1) is 0 Å². The normalized spacial score (nSPS) is 11.4. The standard InChI is InChI=1S/C22H26N4O2/c1-4-22(2,3)26-21(28)15-9-11-16(12-10-15)23-20(27)14-13-19-24-17-7-5-6-8-18(17)25-19/h5-12H,4,13-14H2,1-3H3,(H,23,27)(H,24,25)(H,26,28). The van der Waals surface area contributed by atoms with Crippen LogP contribution in [0.2, 0.25) is 0 Å². The molecule has 146 valence electrons. The van der Waals surface area contributed by atoms with Crippen molar-refractivity contribution in [2.45, 2.75) is 45.6 Å². The van der Waals surface area contributed by atoms with Gasteiger partial charge < -0.3 is 15.6 Å². The van der Waals surface area contributed by atoms with Gasteiger partial charge in [-0.3, -0.25) is 9.59 Å². The third-order valence-electron chi connectivity index (χ3n) is 4.79. The fraction of sp³-hybridized carbons (Fsp3) is 0.318. The van der Waals surface area contributed by atoms with Crippen LogP contribution in [0.15, 0.2) is 48.5 Å². The van der Waals surface area contributed by atoms with Crippen molar-refractivity contribution in [2.75, 3.05) is 5.32 Å². The predicted molar refractivity (Wildman–Crippen MR) is 111 cm³/mol. The molecule has 2 amide bonds. The summed E-state index contributed by atoms with van der Waals surface area (Å²) in [7, 11) is 0. The van der Waals surface area contributed by atoms with Gasteiger partial charge in [0.05, 0.1) is 11.0 Å².